The van der Waals surface area contributed by atoms with Crippen LogP contribution < -0.4 is 4.90 Å². The van der Waals surface area contributed by atoms with Gasteiger partial charge in [0.15, 0.2) is 5.65 Å². The Kier molecular flexibility index (Phi) is 3.26. The quantitative estimate of drug-likeness (QED) is 0.607. The number of H-pyrrole nitrogens is 1. The summed E-state index contributed by atoms with van der Waals surface area (Å²) in [4.78, 5) is 15.0. The van der Waals surface area contributed by atoms with Crippen molar-refractivity contribution < 1.29 is 0 Å². The Hall–Kier alpha value is -2.82. The van der Waals surface area contributed by atoms with Gasteiger partial charge in [-0.25, -0.2) is 9.97 Å². The molecule has 25 heavy (non-hydrogen) atoms. The van der Waals surface area contributed by atoms with E-state index in [-0.39, 0.29) is 0 Å². The lowest BCUT2D eigenvalue weighted by atomic mass is 9.86. The molecule has 0 aliphatic carbocycles. The van der Waals surface area contributed by atoms with E-state index in [0.717, 1.165) is 35.6 Å². The molecule has 1 N–H and O–H groups in total. The van der Waals surface area contributed by atoms with Crippen molar-refractivity contribution in [3.05, 3.63) is 60.8 Å². The van der Waals surface area contributed by atoms with Crippen molar-refractivity contribution in [1.29, 1.82) is 0 Å². The molecular weight excluding hydrogens is 310 g/mol. The lowest BCUT2D eigenvalue weighted by Crippen LogP contribution is -2.39. The Morgan fingerprint density at radius 3 is 2.80 bits per heavy atom. The second kappa shape index (κ2) is 5.62. The number of imidazole rings is 1. The Bertz CT molecular complexity index is 1020. The van der Waals surface area contributed by atoms with Gasteiger partial charge in [-0.2, -0.15) is 0 Å². The maximum Gasteiger partial charge on any atom is 0.154 e. The second-order valence-electron chi connectivity index (χ2n) is 7.00. The van der Waals surface area contributed by atoms with Gasteiger partial charge in [0.1, 0.15) is 5.82 Å². The highest BCUT2D eigenvalue weighted by Gasteiger charge is 2.31. The first kappa shape index (κ1) is 14.5. The smallest absolute Gasteiger partial charge is 0.154 e. The molecule has 1 fully saturated rings. The molecule has 3 aromatic heterocycles. The number of aromatic nitrogens is 4. The first-order valence-electron chi connectivity index (χ1n) is 8.91. The van der Waals surface area contributed by atoms with Gasteiger partial charge in [0.05, 0.1) is 23.4 Å². The zero-order chi connectivity index (χ0) is 16.8. The summed E-state index contributed by atoms with van der Waals surface area (Å²) in [5.41, 5.74) is 4.38. The number of benzene rings is 1. The molecule has 0 amide bonds. The largest absolute Gasteiger partial charge is 0.371 e. The minimum atomic E-state index is 0.400. The molecular formula is C20H21N5. The number of hydrogen-bond donors (Lipinski definition) is 1. The van der Waals surface area contributed by atoms with E-state index in [0.29, 0.717) is 11.8 Å². The summed E-state index contributed by atoms with van der Waals surface area (Å²) in [5, 5.41) is 0. The third kappa shape index (κ3) is 2.30. The van der Waals surface area contributed by atoms with Crippen LogP contribution in [0.15, 0.2) is 55.0 Å². The molecule has 5 heteroatoms. The van der Waals surface area contributed by atoms with Crippen molar-refractivity contribution in [2.45, 2.75) is 19.3 Å². The van der Waals surface area contributed by atoms with Crippen LogP contribution >= 0.6 is 0 Å². The Morgan fingerprint density at radius 2 is 1.92 bits per heavy atom. The van der Waals surface area contributed by atoms with Gasteiger partial charge in [0, 0.05) is 30.9 Å². The van der Waals surface area contributed by atoms with Crippen LogP contribution in [0.3, 0.4) is 0 Å². The molecule has 0 saturated carbocycles. The van der Waals surface area contributed by atoms with Crippen LogP contribution in [0.25, 0.3) is 16.7 Å². The number of nitrogens with one attached hydrogen (secondary N) is 1. The van der Waals surface area contributed by atoms with E-state index in [1.165, 1.54) is 12.1 Å². The fourth-order valence-electron chi connectivity index (χ4n) is 4.04. The average Bonchev–Trinajstić information content (AvgIpc) is 3.29. The van der Waals surface area contributed by atoms with E-state index >= 15 is 0 Å². The van der Waals surface area contributed by atoms with Crippen molar-refractivity contribution in [3.63, 3.8) is 0 Å². The summed E-state index contributed by atoms with van der Waals surface area (Å²) >= 11 is 0. The van der Waals surface area contributed by atoms with Gasteiger partial charge in [-0.1, -0.05) is 25.1 Å². The number of anilines is 1. The number of aromatic amines is 1. The van der Waals surface area contributed by atoms with Crippen LogP contribution in [-0.4, -0.2) is 32.4 Å². The highest BCUT2D eigenvalue weighted by Crippen LogP contribution is 2.34. The van der Waals surface area contributed by atoms with Crippen molar-refractivity contribution in [3.8, 4) is 0 Å². The highest BCUT2D eigenvalue weighted by molar-refractivity contribution is 5.75. The van der Waals surface area contributed by atoms with E-state index in [4.69, 9.17) is 4.98 Å². The van der Waals surface area contributed by atoms with Gasteiger partial charge in [-0.15, -0.1) is 0 Å². The molecule has 5 nitrogen and oxygen atoms in total. The van der Waals surface area contributed by atoms with Gasteiger partial charge in [-0.3, -0.25) is 4.40 Å². The minimum absolute atomic E-state index is 0.400. The Labute approximate surface area is 146 Å². The van der Waals surface area contributed by atoms with Crippen molar-refractivity contribution >= 4 is 22.4 Å². The predicted molar refractivity (Wildman–Crippen MR) is 100 cm³/mol. The zero-order valence-electron chi connectivity index (χ0n) is 14.3. The number of fused-ring (bicyclic) bond motifs is 3. The molecule has 5 rings (SSSR count). The van der Waals surface area contributed by atoms with Crippen LogP contribution in [0.1, 0.15) is 25.1 Å². The topological polar surface area (TPSA) is 49.2 Å². The first-order valence-corrected chi connectivity index (χ1v) is 8.91. The van der Waals surface area contributed by atoms with Crippen molar-refractivity contribution in [2.75, 3.05) is 18.0 Å². The van der Waals surface area contributed by atoms with Gasteiger partial charge >= 0.3 is 0 Å². The van der Waals surface area contributed by atoms with E-state index < -0.39 is 0 Å². The fourth-order valence-corrected chi connectivity index (χ4v) is 4.04. The Morgan fingerprint density at radius 1 is 1.08 bits per heavy atom. The maximum absolute atomic E-state index is 4.81. The molecule has 1 aliphatic heterocycles. The third-order valence-electron chi connectivity index (χ3n) is 5.50. The van der Waals surface area contributed by atoms with Crippen LogP contribution in [-0.2, 0) is 0 Å². The van der Waals surface area contributed by atoms with Crippen molar-refractivity contribution in [2.24, 2.45) is 5.92 Å². The lowest BCUT2D eigenvalue weighted by molar-refractivity contribution is 0.367. The molecule has 1 saturated heterocycles. The molecule has 0 spiro atoms. The second-order valence-corrected chi connectivity index (χ2v) is 7.00. The van der Waals surface area contributed by atoms with E-state index in [1.54, 1.807) is 0 Å². The zero-order valence-corrected chi connectivity index (χ0v) is 14.3. The average molecular weight is 331 g/mol. The molecule has 1 aromatic carbocycles. The molecule has 4 heterocycles. The lowest BCUT2D eigenvalue weighted by Gasteiger charge is -2.38. The van der Waals surface area contributed by atoms with Crippen LogP contribution in [0.4, 0.5) is 5.69 Å². The summed E-state index contributed by atoms with van der Waals surface area (Å²) in [5.74, 6) is 2.15. The van der Waals surface area contributed by atoms with Crippen LogP contribution in [0.2, 0.25) is 0 Å². The maximum atomic E-state index is 4.81. The van der Waals surface area contributed by atoms with Gasteiger partial charge < -0.3 is 9.88 Å². The number of hydrogen-bond acceptors (Lipinski definition) is 3. The number of rotatable bonds is 2. The summed E-state index contributed by atoms with van der Waals surface area (Å²) in [7, 11) is 0. The van der Waals surface area contributed by atoms with Crippen LogP contribution in [0, 0.1) is 5.92 Å². The van der Waals surface area contributed by atoms with Gasteiger partial charge in [0.2, 0.25) is 0 Å². The van der Waals surface area contributed by atoms with Crippen LogP contribution in [0.5, 0.6) is 0 Å². The van der Waals surface area contributed by atoms with E-state index in [9.17, 15) is 0 Å². The summed E-state index contributed by atoms with van der Waals surface area (Å²) in [6.07, 6.45) is 6.97. The summed E-state index contributed by atoms with van der Waals surface area (Å²) in [6.45, 7) is 4.45. The summed E-state index contributed by atoms with van der Waals surface area (Å²) < 4.78 is 2.27. The highest BCUT2D eigenvalue weighted by atomic mass is 15.2. The van der Waals surface area contributed by atoms with E-state index in [1.807, 2.05) is 18.6 Å². The number of nitrogens with zero attached hydrogens (tertiary/aromatic N) is 4. The number of para-hydroxylation sites is 1. The molecule has 0 unspecified atom stereocenters. The molecule has 126 valence electrons. The summed E-state index contributed by atoms with van der Waals surface area (Å²) in [6, 6.07) is 12.8. The first-order chi connectivity index (χ1) is 12.3. The third-order valence-corrected chi connectivity index (χ3v) is 5.50. The SMILES string of the molecule is C[C@@H]1CCN(c2ccccc2)C[C@@H]1c1ncc2cnc3[nH]ccc3n12. The molecule has 4 aromatic rings. The minimum Gasteiger partial charge on any atom is -0.371 e. The fraction of sp³-hybridized carbons (Fsp3) is 0.300. The van der Waals surface area contributed by atoms with Gasteiger partial charge in [-0.05, 0) is 30.5 Å². The normalized spacial score (nSPS) is 21.2. The standard InChI is InChI=1S/C20H21N5/c1-14-8-10-24(15-5-3-2-4-6-15)13-17(14)20-23-12-16-11-22-19-18(25(16)20)7-9-21-19/h2-7,9,11-12,14,17,21H,8,10,13H2,1H3/t14-,17+/m1/s1. The van der Waals surface area contributed by atoms with E-state index in [2.05, 4.69) is 62.6 Å². The molecule has 2 atom stereocenters. The Balaban J connectivity index is 1.59. The number of piperidine rings is 1. The monoisotopic (exact) mass is 331 g/mol. The molecule has 0 radical (unpaired) electrons. The van der Waals surface area contributed by atoms with Crippen molar-refractivity contribution in [1.82, 2.24) is 19.4 Å². The molecule has 0 bridgehead atoms. The van der Waals surface area contributed by atoms with Gasteiger partial charge in [0.25, 0.3) is 0 Å². The molecule has 1 aliphatic rings. The predicted octanol–water partition coefficient (Wildman–Crippen LogP) is 3.84.